The lowest BCUT2D eigenvalue weighted by atomic mass is 10.2. The highest BCUT2D eigenvalue weighted by Crippen LogP contribution is 2.14. The fourth-order valence-electron chi connectivity index (χ4n) is 2.23. The van der Waals surface area contributed by atoms with Gasteiger partial charge in [-0.15, -0.1) is 0 Å². The molecule has 1 fully saturated rings. The van der Waals surface area contributed by atoms with Crippen molar-refractivity contribution in [3.63, 3.8) is 0 Å². The van der Waals surface area contributed by atoms with E-state index >= 15 is 0 Å². The minimum Gasteiger partial charge on any atom is -0.494 e. The maximum absolute atomic E-state index is 9.42. The van der Waals surface area contributed by atoms with Crippen molar-refractivity contribution in [2.75, 3.05) is 26.2 Å². The molecule has 0 radical (unpaired) electrons. The lowest BCUT2D eigenvalue weighted by molar-refractivity contribution is 0.173. The van der Waals surface area contributed by atoms with Crippen molar-refractivity contribution in [2.24, 2.45) is 5.73 Å². The first-order valence-electron chi connectivity index (χ1n) is 6.58. The molecule has 5 heteroatoms. The Morgan fingerprint density at radius 3 is 3.05 bits per heavy atom. The van der Waals surface area contributed by atoms with Gasteiger partial charge in [0.05, 0.1) is 12.7 Å². The maximum Gasteiger partial charge on any atom is 0.119 e. The van der Waals surface area contributed by atoms with Crippen molar-refractivity contribution in [3.05, 3.63) is 29.8 Å². The van der Waals surface area contributed by atoms with E-state index in [2.05, 4.69) is 4.90 Å². The quantitative estimate of drug-likeness (QED) is 0.605. The van der Waals surface area contributed by atoms with Gasteiger partial charge in [0.1, 0.15) is 10.7 Å². The van der Waals surface area contributed by atoms with Gasteiger partial charge in [0.25, 0.3) is 0 Å². The van der Waals surface area contributed by atoms with Crippen molar-refractivity contribution in [3.8, 4) is 5.75 Å². The van der Waals surface area contributed by atoms with Crippen LogP contribution in [-0.4, -0.2) is 47.3 Å². The number of hydrogen-bond acceptors (Lipinski definition) is 4. The Hall–Kier alpha value is -1.17. The monoisotopic (exact) mass is 280 g/mol. The molecule has 0 amide bonds. The molecule has 1 unspecified atom stereocenters. The van der Waals surface area contributed by atoms with Gasteiger partial charge >= 0.3 is 0 Å². The zero-order valence-corrected chi connectivity index (χ0v) is 11.7. The van der Waals surface area contributed by atoms with Crippen LogP contribution in [0, 0.1) is 0 Å². The summed E-state index contributed by atoms with van der Waals surface area (Å²) in [5.74, 6) is 0.798. The molecule has 2 rings (SSSR count). The van der Waals surface area contributed by atoms with Crippen molar-refractivity contribution in [1.29, 1.82) is 0 Å². The van der Waals surface area contributed by atoms with E-state index < -0.39 is 0 Å². The second kappa shape index (κ2) is 6.84. The smallest absolute Gasteiger partial charge is 0.119 e. The molecule has 4 nitrogen and oxygen atoms in total. The SMILES string of the molecule is NC(=S)c1cccc(OCCCN2CCC(O)C2)c1. The number of nitrogens with two attached hydrogens (primary N) is 1. The second-order valence-corrected chi connectivity index (χ2v) is 5.28. The molecule has 3 N–H and O–H groups in total. The van der Waals surface area contributed by atoms with Crippen LogP contribution >= 0.6 is 12.2 Å². The van der Waals surface area contributed by atoms with Gasteiger partial charge in [0, 0.05) is 25.2 Å². The first-order valence-corrected chi connectivity index (χ1v) is 6.99. The minimum absolute atomic E-state index is 0.150. The zero-order chi connectivity index (χ0) is 13.7. The highest BCUT2D eigenvalue weighted by molar-refractivity contribution is 7.80. The third-order valence-electron chi connectivity index (χ3n) is 3.25. The predicted molar refractivity (Wildman–Crippen MR) is 79.5 cm³/mol. The molecule has 104 valence electrons. The molecule has 19 heavy (non-hydrogen) atoms. The fraction of sp³-hybridized carbons (Fsp3) is 0.500. The summed E-state index contributed by atoms with van der Waals surface area (Å²) in [5.41, 5.74) is 6.41. The molecule has 1 aromatic carbocycles. The lowest BCUT2D eigenvalue weighted by Crippen LogP contribution is -2.24. The van der Waals surface area contributed by atoms with E-state index in [1.165, 1.54) is 0 Å². The van der Waals surface area contributed by atoms with Gasteiger partial charge in [-0.3, -0.25) is 0 Å². The van der Waals surface area contributed by atoms with E-state index in [-0.39, 0.29) is 6.10 Å². The van der Waals surface area contributed by atoms with Crippen molar-refractivity contribution < 1.29 is 9.84 Å². The van der Waals surface area contributed by atoms with E-state index in [0.717, 1.165) is 43.8 Å². The number of hydrogen-bond donors (Lipinski definition) is 2. The average Bonchev–Trinajstić information content (AvgIpc) is 2.81. The topological polar surface area (TPSA) is 58.7 Å². The highest BCUT2D eigenvalue weighted by atomic mass is 32.1. The first-order chi connectivity index (χ1) is 9.15. The van der Waals surface area contributed by atoms with E-state index in [0.29, 0.717) is 11.6 Å². The van der Waals surface area contributed by atoms with Gasteiger partial charge in [0.15, 0.2) is 0 Å². The number of ether oxygens (including phenoxy) is 1. The minimum atomic E-state index is -0.150. The van der Waals surface area contributed by atoms with Crippen LogP contribution < -0.4 is 10.5 Å². The van der Waals surface area contributed by atoms with Crippen LogP contribution in [0.25, 0.3) is 0 Å². The number of nitrogens with zero attached hydrogens (tertiary/aromatic N) is 1. The summed E-state index contributed by atoms with van der Waals surface area (Å²) in [4.78, 5) is 2.65. The highest BCUT2D eigenvalue weighted by Gasteiger charge is 2.19. The maximum atomic E-state index is 9.42. The van der Waals surface area contributed by atoms with Gasteiger partial charge < -0.3 is 20.5 Å². The Bertz CT molecular complexity index is 439. The van der Waals surface area contributed by atoms with Gasteiger partial charge in [-0.25, -0.2) is 0 Å². The molecule has 0 bridgehead atoms. The van der Waals surface area contributed by atoms with Crippen molar-refractivity contribution in [2.45, 2.75) is 18.9 Å². The van der Waals surface area contributed by atoms with Crippen LogP contribution in [0.4, 0.5) is 0 Å². The Balaban J connectivity index is 1.70. The Morgan fingerprint density at radius 2 is 2.37 bits per heavy atom. The summed E-state index contributed by atoms with van der Waals surface area (Å²) < 4.78 is 5.68. The van der Waals surface area contributed by atoms with Crippen molar-refractivity contribution >= 4 is 17.2 Å². The van der Waals surface area contributed by atoms with Crippen LogP contribution in [0.2, 0.25) is 0 Å². The number of aliphatic hydroxyl groups excluding tert-OH is 1. The normalized spacial score (nSPS) is 19.5. The zero-order valence-electron chi connectivity index (χ0n) is 10.9. The molecule has 1 aliphatic heterocycles. The fourth-order valence-corrected chi connectivity index (χ4v) is 2.36. The lowest BCUT2D eigenvalue weighted by Gasteiger charge is -2.15. The van der Waals surface area contributed by atoms with E-state index in [1.807, 2.05) is 24.3 Å². The molecular weight excluding hydrogens is 260 g/mol. The molecule has 1 heterocycles. The number of benzene rings is 1. The molecule has 0 aliphatic carbocycles. The summed E-state index contributed by atoms with van der Waals surface area (Å²) in [7, 11) is 0. The second-order valence-electron chi connectivity index (χ2n) is 4.84. The Kier molecular flexibility index (Phi) is 5.13. The summed E-state index contributed by atoms with van der Waals surface area (Å²) >= 11 is 4.93. The molecule has 0 saturated carbocycles. The van der Waals surface area contributed by atoms with Crippen LogP contribution in [0.5, 0.6) is 5.75 Å². The number of likely N-dealkylation sites (tertiary alicyclic amines) is 1. The third-order valence-corrected chi connectivity index (χ3v) is 3.49. The molecular formula is C14H20N2O2S. The van der Waals surface area contributed by atoms with E-state index in [9.17, 15) is 5.11 Å². The first kappa shape index (κ1) is 14.2. The summed E-state index contributed by atoms with van der Waals surface area (Å²) in [5, 5.41) is 9.42. The predicted octanol–water partition coefficient (Wildman–Crippen LogP) is 1.16. The molecule has 0 spiro atoms. The van der Waals surface area contributed by atoms with Crippen LogP contribution in [-0.2, 0) is 0 Å². The number of rotatable bonds is 6. The molecule has 1 atom stereocenters. The van der Waals surface area contributed by atoms with Crippen LogP contribution in [0.15, 0.2) is 24.3 Å². The van der Waals surface area contributed by atoms with Gasteiger partial charge in [0.2, 0.25) is 0 Å². The number of thiocarbonyl (C=S) groups is 1. The molecule has 1 aromatic rings. The molecule has 1 aliphatic rings. The van der Waals surface area contributed by atoms with Crippen LogP contribution in [0.3, 0.4) is 0 Å². The number of aliphatic hydroxyl groups is 1. The average molecular weight is 280 g/mol. The van der Waals surface area contributed by atoms with Crippen LogP contribution in [0.1, 0.15) is 18.4 Å². The summed E-state index contributed by atoms with van der Waals surface area (Å²) in [6.45, 7) is 3.40. The Morgan fingerprint density at radius 1 is 1.53 bits per heavy atom. The van der Waals surface area contributed by atoms with Gasteiger partial charge in [-0.2, -0.15) is 0 Å². The Labute approximate surface area is 119 Å². The summed E-state index contributed by atoms with van der Waals surface area (Å²) in [6.07, 6.45) is 1.68. The number of β-amino-alcohol motifs (C(OH)–C–C–N with tert-alkyl or cyclic N) is 1. The third kappa shape index (κ3) is 4.45. The largest absolute Gasteiger partial charge is 0.494 e. The summed E-state index contributed by atoms with van der Waals surface area (Å²) in [6, 6.07) is 7.53. The van der Waals surface area contributed by atoms with Gasteiger partial charge in [-0.05, 0) is 25.0 Å². The van der Waals surface area contributed by atoms with E-state index in [1.54, 1.807) is 0 Å². The molecule has 1 saturated heterocycles. The van der Waals surface area contributed by atoms with E-state index in [4.69, 9.17) is 22.7 Å². The van der Waals surface area contributed by atoms with Crippen molar-refractivity contribution in [1.82, 2.24) is 4.90 Å². The standard InChI is InChI=1S/C14H20N2O2S/c15-14(19)11-3-1-4-13(9-11)18-8-2-6-16-7-5-12(17)10-16/h1,3-4,9,12,17H,2,5-8,10H2,(H2,15,19). The van der Waals surface area contributed by atoms with Gasteiger partial charge in [-0.1, -0.05) is 24.4 Å². The molecule has 0 aromatic heterocycles.